The molecule has 0 aromatic carbocycles. The minimum Gasteiger partial charge on any atom is -0.393 e. The molecule has 0 spiro atoms. The smallest absolute Gasteiger partial charge is 0.0545 e. The van der Waals surface area contributed by atoms with Crippen molar-refractivity contribution in [3.05, 3.63) is 0 Å². The first kappa shape index (κ1) is 11.0. The van der Waals surface area contributed by atoms with Gasteiger partial charge in [0.05, 0.1) is 18.3 Å². The number of rotatable bonds is 0. The fourth-order valence-corrected chi connectivity index (χ4v) is 4.77. The van der Waals surface area contributed by atoms with Crippen molar-refractivity contribution in [2.45, 2.75) is 56.8 Å². The Balaban J connectivity index is 1.83. The minimum absolute atomic E-state index is 0.206. The second-order valence-corrected chi connectivity index (χ2v) is 6.23. The molecule has 0 radical (unpaired) electrons. The Kier molecular flexibility index (Phi) is 2.73. The summed E-state index contributed by atoms with van der Waals surface area (Å²) in [5, 5.41) is 29.6. The summed E-state index contributed by atoms with van der Waals surface area (Å²) in [6, 6.07) is 0. The van der Waals surface area contributed by atoms with Gasteiger partial charge in [-0.1, -0.05) is 0 Å². The van der Waals surface area contributed by atoms with Gasteiger partial charge in [0.15, 0.2) is 0 Å². The summed E-state index contributed by atoms with van der Waals surface area (Å²) in [7, 11) is 0. The standard InChI is InChI=1S/C13H22O3/c14-10-1-7-2-11(15)5-9-6-12(16)4-8(3-10)13(7)9/h7-16H,1-6H2/t7-,8?,9?,10?,11?,12+,13?. The van der Waals surface area contributed by atoms with Crippen LogP contribution in [-0.4, -0.2) is 33.6 Å². The normalized spacial score (nSPS) is 56.8. The van der Waals surface area contributed by atoms with Gasteiger partial charge in [-0.2, -0.15) is 0 Å². The van der Waals surface area contributed by atoms with E-state index in [0.717, 1.165) is 38.5 Å². The zero-order valence-corrected chi connectivity index (χ0v) is 9.63. The van der Waals surface area contributed by atoms with Gasteiger partial charge < -0.3 is 15.3 Å². The molecule has 3 heteroatoms. The van der Waals surface area contributed by atoms with Gasteiger partial charge in [0.2, 0.25) is 0 Å². The molecular weight excluding hydrogens is 204 g/mol. The zero-order valence-electron chi connectivity index (χ0n) is 9.63. The summed E-state index contributed by atoms with van der Waals surface area (Å²) in [4.78, 5) is 0. The summed E-state index contributed by atoms with van der Waals surface area (Å²) in [5.74, 6) is 2.15. The number of aliphatic hydroxyl groups is 3. The van der Waals surface area contributed by atoms with E-state index < -0.39 is 0 Å². The van der Waals surface area contributed by atoms with Crippen LogP contribution < -0.4 is 0 Å². The van der Waals surface area contributed by atoms with Crippen molar-refractivity contribution in [1.82, 2.24) is 0 Å². The van der Waals surface area contributed by atoms with Gasteiger partial charge in [0, 0.05) is 0 Å². The molecule has 3 aliphatic carbocycles. The second kappa shape index (κ2) is 3.97. The van der Waals surface area contributed by atoms with Crippen molar-refractivity contribution in [3.8, 4) is 0 Å². The quantitative estimate of drug-likeness (QED) is 0.575. The van der Waals surface area contributed by atoms with Crippen LogP contribution in [-0.2, 0) is 0 Å². The highest BCUT2D eigenvalue weighted by Gasteiger charge is 2.48. The maximum Gasteiger partial charge on any atom is 0.0545 e. The van der Waals surface area contributed by atoms with Crippen molar-refractivity contribution in [2.75, 3.05) is 0 Å². The lowest BCUT2D eigenvalue weighted by Crippen LogP contribution is -2.49. The van der Waals surface area contributed by atoms with E-state index in [4.69, 9.17) is 0 Å². The molecule has 3 N–H and O–H groups in total. The first-order valence-corrected chi connectivity index (χ1v) is 6.67. The van der Waals surface area contributed by atoms with E-state index in [9.17, 15) is 15.3 Å². The fraction of sp³-hybridized carbons (Fsp3) is 1.00. The molecule has 0 amide bonds. The van der Waals surface area contributed by atoms with Crippen LogP contribution in [0.25, 0.3) is 0 Å². The van der Waals surface area contributed by atoms with E-state index in [1.165, 1.54) is 0 Å². The summed E-state index contributed by atoms with van der Waals surface area (Å²) in [6.07, 6.45) is 4.58. The number of aliphatic hydroxyl groups excluding tert-OH is 3. The van der Waals surface area contributed by atoms with Crippen molar-refractivity contribution < 1.29 is 15.3 Å². The predicted octanol–water partition coefficient (Wildman–Crippen LogP) is 0.915. The second-order valence-electron chi connectivity index (χ2n) is 6.23. The first-order valence-electron chi connectivity index (χ1n) is 6.67. The summed E-state index contributed by atoms with van der Waals surface area (Å²) < 4.78 is 0. The van der Waals surface area contributed by atoms with Crippen LogP contribution in [0.2, 0.25) is 0 Å². The molecule has 92 valence electrons. The molecule has 0 aliphatic heterocycles. The minimum atomic E-state index is -0.206. The Morgan fingerprint density at radius 1 is 0.500 bits per heavy atom. The molecule has 16 heavy (non-hydrogen) atoms. The Bertz CT molecular complexity index is 207. The van der Waals surface area contributed by atoms with Crippen molar-refractivity contribution in [1.29, 1.82) is 0 Å². The van der Waals surface area contributed by atoms with Gasteiger partial charge in [0.25, 0.3) is 0 Å². The van der Waals surface area contributed by atoms with Gasteiger partial charge in [0.1, 0.15) is 0 Å². The van der Waals surface area contributed by atoms with E-state index in [-0.39, 0.29) is 18.3 Å². The molecule has 3 rings (SSSR count). The molecule has 3 fully saturated rings. The highest BCUT2D eigenvalue weighted by atomic mass is 16.3. The predicted molar refractivity (Wildman–Crippen MR) is 59.7 cm³/mol. The Morgan fingerprint density at radius 2 is 0.750 bits per heavy atom. The summed E-state index contributed by atoms with van der Waals surface area (Å²) >= 11 is 0. The van der Waals surface area contributed by atoms with E-state index in [1.807, 2.05) is 0 Å². The maximum absolute atomic E-state index is 9.87. The monoisotopic (exact) mass is 226 g/mol. The number of hydrogen-bond donors (Lipinski definition) is 3. The maximum atomic E-state index is 9.87. The third kappa shape index (κ3) is 1.79. The SMILES string of the molecule is OC1CC2C[C@H](O)CC3CC(O)C[C@@H](C1)C23. The lowest BCUT2D eigenvalue weighted by Gasteiger charge is -2.52. The van der Waals surface area contributed by atoms with Crippen molar-refractivity contribution in [2.24, 2.45) is 23.7 Å². The highest BCUT2D eigenvalue weighted by molar-refractivity contribution is 4.98. The summed E-state index contributed by atoms with van der Waals surface area (Å²) in [5.41, 5.74) is 0. The van der Waals surface area contributed by atoms with Gasteiger partial charge in [-0.25, -0.2) is 0 Å². The molecular formula is C13H22O3. The molecule has 3 saturated carbocycles. The molecule has 3 nitrogen and oxygen atoms in total. The van der Waals surface area contributed by atoms with Crippen LogP contribution in [0.5, 0.6) is 0 Å². The van der Waals surface area contributed by atoms with Crippen molar-refractivity contribution in [3.63, 3.8) is 0 Å². The molecule has 3 aliphatic rings. The highest BCUT2D eigenvalue weighted by Crippen LogP contribution is 2.52. The topological polar surface area (TPSA) is 60.7 Å². The Hall–Kier alpha value is -0.120. The largest absolute Gasteiger partial charge is 0.393 e. The average Bonchev–Trinajstić information content (AvgIpc) is 2.14. The number of hydrogen-bond acceptors (Lipinski definition) is 3. The lowest BCUT2D eigenvalue weighted by atomic mass is 9.55. The van der Waals surface area contributed by atoms with Crippen LogP contribution in [0, 0.1) is 23.7 Å². The Labute approximate surface area is 96.5 Å². The average molecular weight is 226 g/mol. The van der Waals surface area contributed by atoms with Crippen LogP contribution in [0.1, 0.15) is 38.5 Å². The van der Waals surface area contributed by atoms with E-state index in [0.29, 0.717) is 23.7 Å². The van der Waals surface area contributed by atoms with Crippen LogP contribution in [0.4, 0.5) is 0 Å². The lowest BCUT2D eigenvalue weighted by molar-refractivity contribution is -0.104. The molecule has 0 saturated heterocycles. The van der Waals surface area contributed by atoms with Gasteiger partial charge in [-0.3, -0.25) is 0 Å². The summed E-state index contributed by atoms with van der Waals surface area (Å²) in [6.45, 7) is 0. The zero-order chi connectivity index (χ0) is 11.3. The molecule has 0 aromatic rings. The van der Waals surface area contributed by atoms with Crippen LogP contribution >= 0.6 is 0 Å². The molecule has 0 atom stereocenters. The van der Waals surface area contributed by atoms with Crippen LogP contribution in [0.15, 0.2) is 0 Å². The first-order chi connectivity index (χ1) is 7.63. The Morgan fingerprint density at radius 3 is 1.00 bits per heavy atom. The van der Waals surface area contributed by atoms with Crippen molar-refractivity contribution >= 4 is 0 Å². The van der Waals surface area contributed by atoms with Gasteiger partial charge >= 0.3 is 0 Å². The molecule has 0 heterocycles. The third-order valence-electron chi connectivity index (χ3n) is 5.08. The van der Waals surface area contributed by atoms with E-state index in [1.54, 1.807) is 0 Å². The van der Waals surface area contributed by atoms with Gasteiger partial charge in [-0.05, 0) is 62.2 Å². The third-order valence-corrected chi connectivity index (χ3v) is 5.08. The van der Waals surface area contributed by atoms with E-state index >= 15 is 0 Å². The van der Waals surface area contributed by atoms with Crippen LogP contribution in [0.3, 0.4) is 0 Å². The van der Waals surface area contributed by atoms with Gasteiger partial charge in [-0.15, -0.1) is 0 Å². The molecule has 0 aromatic heterocycles. The fourth-order valence-electron chi connectivity index (χ4n) is 4.77. The molecule has 0 bridgehead atoms. The van der Waals surface area contributed by atoms with E-state index in [2.05, 4.69) is 0 Å². The molecule has 0 unspecified atom stereocenters.